The maximum absolute atomic E-state index is 12.9. The molecular formula is C52H96O2. The molecule has 0 radical (unpaired) electrons. The SMILES string of the molecule is CCCCCCCCCCCCCCCCCCCCCCCC(=O)OC1CC[C@@]2(C)C(CC[C@H]3[C@@H]4CC[C@H]([C@H](C)CC[C@H](C)C(C)C)[C@@]4(C)CC[C@@H]32)C1. The van der Waals surface area contributed by atoms with Crippen molar-refractivity contribution in [3.05, 3.63) is 0 Å². The van der Waals surface area contributed by atoms with Crippen molar-refractivity contribution in [3.63, 3.8) is 0 Å². The van der Waals surface area contributed by atoms with E-state index in [-0.39, 0.29) is 12.1 Å². The average Bonchev–Trinajstić information content (AvgIpc) is 3.51. The molecule has 54 heavy (non-hydrogen) atoms. The van der Waals surface area contributed by atoms with E-state index in [9.17, 15) is 4.79 Å². The van der Waals surface area contributed by atoms with E-state index in [1.54, 1.807) is 0 Å². The first-order valence-electron chi connectivity index (χ1n) is 25.3. The lowest BCUT2D eigenvalue weighted by atomic mass is 9.44. The van der Waals surface area contributed by atoms with Crippen LogP contribution in [0.4, 0.5) is 0 Å². The molecule has 10 atom stereocenters. The monoisotopic (exact) mass is 753 g/mol. The summed E-state index contributed by atoms with van der Waals surface area (Å²) >= 11 is 0. The fourth-order valence-electron chi connectivity index (χ4n) is 13.3. The second-order valence-corrected chi connectivity index (χ2v) is 21.4. The lowest BCUT2D eigenvalue weighted by molar-refractivity contribution is -0.162. The van der Waals surface area contributed by atoms with Gasteiger partial charge in [-0.25, -0.2) is 0 Å². The Morgan fingerprint density at radius 3 is 1.61 bits per heavy atom. The summed E-state index contributed by atoms with van der Waals surface area (Å²) in [7, 11) is 0. The highest BCUT2D eigenvalue weighted by molar-refractivity contribution is 5.69. The predicted octanol–water partition coefficient (Wildman–Crippen LogP) is 16.9. The number of carbonyl (C=O) groups excluding carboxylic acids is 1. The summed E-state index contributed by atoms with van der Waals surface area (Å²) in [4.78, 5) is 12.9. The fraction of sp³-hybridized carbons (Fsp3) is 0.981. The third kappa shape index (κ3) is 13.8. The van der Waals surface area contributed by atoms with Gasteiger partial charge in [0.2, 0.25) is 0 Å². The number of hydrogen-bond donors (Lipinski definition) is 0. The van der Waals surface area contributed by atoms with E-state index >= 15 is 0 Å². The van der Waals surface area contributed by atoms with E-state index in [2.05, 4.69) is 48.5 Å². The Morgan fingerprint density at radius 2 is 1.07 bits per heavy atom. The first-order chi connectivity index (χ1) is 26.1. The van der Waals surface area contributed by atoms with Crippen molar-refractivity contribution in [1.29, 1.82) is 0 Å². The van der Waals surface area contributed by atoms with Gasteiger partial charge >= 0.3 is 5.97 Å². The molecule has 0 aromatic carbocycles. The molecule has 316 valence electrons. The van der Waals surface area contributed by atoms with Crippen molar-refractivity contribution < 1.29 is 9.53 Å². The van der Waals surface area contributed by atoms with Crippen molar-refractivity contribution in [2.45, 2.75) is 266 Å². The van der Waals surface area contributed by atoms with Crippen LogP contribution in [-0.4, -0.2) is 12.1 Å². The highest BCUT2D eigenvalue weighted by Gasteiger charge is 2.60. The van der Waals surface area contributed by atoms with Crippen LogP contribution >= 0.6 is 0 Å². The Morgan fingerprint density at radius 1 is 0.574 bits per heavy atom. The predicted molar refractivity (Wildman–Crippen MR) is 235 cm³/mol. The van der Waals surface area contributed by atoms with Crippen molar-refractivity contribution >= 4 is 5.97 Å². The number of esters is 1. The molecule has 0 aromatic rings. The van der Waals surface area contributed by atoms with Gasteiger partial charge in [-0.2, -0.15) is 0 Å². The van der Waals surface area contributed by atoms with E-state index in [0.29, 0.717) is 17.3 Å². The normalized spacial score (nSPS) is 31.9. The summed E-state index contributed by atoms with van der Waals surface area (Å²) in [5, 5.41) is 0. The van der Waals surface area contributed by atoms with E-state index in [1.807, 2.05) is 0 Å². The van der Waals surface area contributed by atoms with Crippen LogP contribution in [0, 0.1) is 58.2 Å². The van der Waals surface area contributed by atoms with Gasteiger partial charge in [0.25, 0.3) is 0 Å². The van der Waals surface area contributed by atoms with Gasteiger partial charge in [-0.15, -0.1) is 0 Å². The summed E-state index contributed by atoms with van der Waals surface area (Å²) in [6.45, 7) is 17.6. The maximum atomic E-state index is 12.9. The molecule has 4 aliphatic carbocycles. The lowest BCUT2D eigenvalue weighted by Crippen LogP contribution is -2.54. The second-order valence-electron chi connectivity index (χ2n) is 21.4. The Hall–Kier alpha value is -0.530. The molecule has 0 heterocycles. The van der Waals surface area contributed by atoms with Gasteiger partial charge < -0.3 is 4.74 Å². The van der Waals surface area contributed by atoms with Crippen LogP contribution in [0.3, 0.4) is 0 Å². The molecule has 0 aliphatic heterocycles. The third-order valence-corrected chi connectivity index (χ3v) is 17.4. The molecule has 0 saturated heterocycles. The summed E-state index contributed by atoms with van der Waals surface area (Å²) < 4.78 is 6.21. The molecule has 4 fully saturated rings. The molecule has 2 nitrogen and oxygen atoms in total. The highest BCUT2D eigenvalue weighted by Crippen LogP contribution is 2.68. The number of rotatable bonds is 28. The molecule has 2 unspecified atom stereocenters. The molecule has 4 saturated carbocycles. The highest BCUT2D eigenvalue weighted by atomic mass is 16.5. The molecular weight excluding hydrogens is 657 g/mol. The molecule has 2 heteroatoms. The fourth-order valence-corrected chi connectivity index (χ4v) is 13.3. The molecule has 4 rings (SSSR count). The van der Waals surface area contributed by atoms with E-state index in [4.69, 9.17) is 4.74 Å². The summed E-state index contributed by atoms with van der Waals surface area (Å²) in [5.41, 5.74) is 1.04. The number of ether oxygens (including phenoxy) is 1. The quantitative estimate of drug-likeness (QED) is 0.0588. The van der Waals surface area contributed by atoms with Crippen LogP contribution in [0.25, 0.3) is 0 Å². The van der Waals surface area contributed by atoms with Gasteiger partial charge in [0, 0.05) is 6.42 Å². The second kappa shape index (κ2) is 24.4. The number of unbranched alkanes of at least 4 members (excludes halogenated alkanes) is 20. The molecule has 0 N–H and O–H groups in total. The van der Waals surface area contributed by atoms with Gasteiger partial charge in [0.15, 0.2) is 0 Å². The molecule has 4 aliphatic rings. The first kappa shape index (κ1) is 46.2. The van der Waals surface area contributed by atoms with Crippen LogP contribution in [0.5, 0.6) is 0 Å². The number of fused-ring (bicyclic) bond motifs is 5. The standard InChI is InChI=1S/C52H96O2/c1-8-9-10-11-12-13-14-15-16-17-18-19-20-21-22-23-24-25-26-27-28-29-50(53)54-45-36-38-51(6)44(40-45)32-33-46-48-35-34-47(52(48,7)39-37-49(46)51)43(5)31-30-42(4)41(2)3/h41-49H,8-40H2,1-7H3/t42-,43+,44?,45?,46-,47+,48-,49-,51-,52+/m0/s1. The average molecular weight is 753 g/mol. The first-order valence-corrected chi connectivity index (χ1v) is 25.3. The topological polar surface area (TPSA) is 26.3 Å². The summed E-state index contributed by atoms with van der Waals surface area (Å²) in [6.07, 6.45) is 45.3. The summed E-state index contributed by atoms with van der Waals surface area (Å²) in [5.74, 6) is 7.13. The largest absolute Gasteiger partial charge is 0.462 e. The Bertz CT molecular complexity index is 1000. The van der Waals surface area contributed by atoms with E-state index < -0.39 is 0 Å². The molecule has 0 spiro atoms. The molecule has 0 amide bonds. The van der Waals surface area contributed by atoms with E-state index in [0.717, 1.165) is 66.6 Å². The van der Waals surface area contributed by atoms with Gasteiger partial charge in [0.05, 0.1) is 0 Å². The van der Waals surface area contributed by atoms with E-state index in [1.165, 1.54) is 186 Å². The Labute approximate surface area is 339 Å². The van der Waals surface area contributed by atoms with Gasteiger partial charge in [-0.3, -0.25) is 4.79 Å². The molecule has 0 aromatic heterocycles. The zero-order valence-electron chi connectivity index (χ0n) is 37.8. The zero-order chi connectivity index (χ0) is 38.8. The zero-order valence-corrected chi connectivity index (χ0v) is 37.8. The van der Waals surface area contributed by atoms with Crippen LogP contribution < -0.4 is 0 Å². The minimum absolute atomic E-state index is 0.0948. The van der Waals surface area contributed by atoms with Crippen molar-refractivity contribution in [1.82, 2.24) is 0 Å². The van der Waals surface area contributed by atoms with Crippen molar-refractivity contribution in [2.75, 3.05) is 0 Å². The summed E-state index contributed by atoms with van der Waals surface area (Å²) in [6, 6.07) is 0. The van der Waals surface area contributed by atoms with Gasteiger partial charge in [-0.1, -0.05) is 190 Å². The minimum Gasteiger partial charge on any atom is -0.462 e. The van der Waals surface area contributed by atoms with Gasteiger partial charge in [0.1, 0.15) is 6.10 Å². The number of carbonyl (C=O) groups is 1. The Balaban J connectivity index is 0.999. The number of hydrogen-bond acceptors (Lipinski definition) is 2. The van der Waals surface area contributed by atoms with Crippen LogP contribution in [0.1, 0.15) is 260 Å². The van der Waals surface area contributed by atoms with Crippen molar-refractivity contribution in [2.24, 2.45) is 58.2 Å². The maximum Gasteiger partial charge on any atom is 0.306 e. The van der Waals surface area contributed by atoms with Crippen LogP contribution in [0.15, 0.2) is 0 Å². The third-order valence-electron chi connectivity index (χ3n) is 17.4. The lowest BCUT2D eigenvalue weighted by Gasteiger charge is -2.61. The van der Waals surface area contributed by atoms with Crippen molar-refractivity contribution in [3.8, 4) is 0 Å². The minimum atomic E-state index is 0.0948. The Kier molecular flexibility index (Phi) is 20.9. The van der Waals surface area contributed by atoms with Crippen LogP contribution in [-0.2, 0) is 9.53 Å². The smallest absolute Gasteiger partial charge is 0.306 e. The van der Waals surface area contributed by atoms with Gasteiger partial charge in [-0.05, 0) is 122 Å². The van der Waals surface area contributed by atoms with Crippen LogP contribution in [0.2, 0.25) is 0 Å². The molecule has 0 bridgehead atoms.